The minimum Gasteiger partial charge on any atom is 0 e. The van der Waals surface area contributed by atoms with E-state index in [0.717, 1.165) is 0 Å². The molecule has 0 atom stereocenters. The van der Waals surface area contributed by atoms with Gasteiger partial charge in [0, 0.05) is 74.7 Å². The summed E-state index contributed by atoms with van der Waals surface area (Å²) in [6, 6.07) is 0. The van der Waals surface area contributed by atoms with E-state index in [2.05, 4.69) is 0 Å². The molecule has 0 aromatic rings. The van der Waals surface area contributed by atoms with Gasteiger partial charge in [-0.3, -0.25) is 0 Å². The third-order valence-corrected chi connectivity index (χ3v) is 0. The molecule has 0 saturated heterocycles. The van der Waals surface area contributed by atoms with Crippen LogP contribution in [0.1, 0.15) is 0 Å². The third-order valence-electron chi connectivity index (χ3n) is 0. The molecule has 0 amide bonds. The van der Waals surface area contributed by atoms with Crippen LogP contribution in [-0.2, 0) is 74.7 Å². The molecule has 0 N–H and O–H groups in total. The minimum absolute atomic E-state index is 0. The van der Waals surface area contributed by atoms with Crippen LogP contribution in [0.3, 0.4) is 0 Å². The van der Waals surface area contributed by atoms with Crippen LogP contribution < -0.4 is 0 Å². The van der Waals surface area contributed by atoms with Crippen molar-refractivity contribution in [1.82, 2.24) is 0 Å². The van der Waals surface area contributed by atoms with Gasteiger partial charge in [-0.05, 0) is 0 Å². The Morgan fingerprint density at radius 2 is 1.00 bits per heavy atom. The molecule has 0 aliphatic rings. The van der Waals surface area contributed by atoms with Crippen LogP contribution in [0.4, 0.5) is 0 Å². The van der Waals surface area contributed by atoms with Gasteiger partial charge < -0.3 is 0 Å². The first-order chi connectivity index (χ1) is 0. The Hall–Kier alpha value is 2.35. The molecule has 0 bridgehead atoms. The van der Waals surface area contributed by atoms with Crippen molar-refractivity contribution in [2.75, 3.05) is 0 Å². The van der Waals surface area contributed by atoms with Crippen molar-refractivity contribution in [3.8, 4) is 0 Å². The van der Waals surface area contributed by atoms with Gasteiger partial charge in [-0.2, -0.15) is 0 Å². The van der Waals surface area contributed by atoms with Gasteiger partial charge in [-0.15, -0.1) is 0 Å². The largest absolute Gasteiger partial charge is 0 e. The summed E-state index contributed by atoms with van der Waals surface area (Å²) in [5, 5.41) is 0. The standard InChI is InChI=1S/Cr.Mn.Ti.V. The molecule has 2 radical (unpaired) electrons. The SMILES string of the molecule is [Cr].[Mn].[Ti].[V]. The Kier molecular flexibility index (Phi) is 151. The van der Waals surface area contributed by atoms with Gasteiger partial charge >= 0.3 is 0 Å². The monoisotopic (exact) mass is 206 g/mol. The zero-order chi connectivity index (χ0) is 0. The fourth-order valence-electron chi connectivity index (χ4n) is 0. The average molecular weight is 206 g/mol. The molecule has 0 fully saturated rings. The maximum absolute atomic E-state index is 0. The predicted molar refractivity (Wildman–Crippen MR) is 0 cm³/mol. The van der Waals surface area contributed by atoms with Gasteiger partial charge in [0.1, 0.15) is 0 Å². The summed E-state index contributed by atoms with van der Waals surface area (Å²) in [6.45, 7) is 0. The van der Waals surface area contributed by atoms with Crippen molar-refractivity contribution >= 4 is 0 Å². The molecule has 4 heteroatoms. The van der Waals surface area contributed by atoms with Crippen molar-refractivity contribution < 1.29 is 74.7 Å². The number of rotatable bonds is 0. The Morgan fingerprint density at radius 1 is 1.00 bits per heavy atom. The fourth-order valence-corrected chi connectivity index (χ4v) is 0. The van der Waals surface area contributed by atoms with E-state index in [4.69, 9.17) is 0 Å². The van der Waals surface area contributed by atoms with E-state index < -0.39 is 0 Å². The first-order valence-electron chi connectivity index (χ1n) is 0. The minimum atomic E-state index is 0. The van der Waals surface area contributed by atoms with Crippen LogP contribution in [0.15, 0.2) is 0 Å². The smallest absolute Gasteiger partial charge is 0 e. The zero-order valence-electron chi connectivity index (χ0n) is 1.73. The summed E-state index contributed by atoms with van der Waals surface area (Å²) in [7, 11) is 0. The topological polar surface area (TPSA) is 0 Å². The molecule has 0 spiro atoms. The van der Waals surface area contributed by atoms with Gasteiger partial charge in [-0.1, -0.05) is 0 Å². The van der Waals surface area contributed by atoms with Gasteiger partial charge in [0.05, 0.1) is 0 Å². The van der Waals surface area contributed by atoms with E-state index in [-0.39, 0.29) is 74.7 Å². The van der Waals surface area contributed by atoms with E-state index in [9.17, 15) is 0 Å². The van der Waals surface area contributed by atoms with Crippen LogP contribution >= 0.6 is 0 Å². The maximum atomic E-state index is 0. The average Bonchev–Trinajstić information content (AvgIpc) is 0. The molecule has 22 valence electrons. The fraction of sp³-hybridized carbons (Fsp3) is 0. The van der Waals surface area contributed by atoms with Gasteiger partial charge in [0.15, 0.2) is 0 Å². The molecule has 0 unspecified atom stereocenters. The zero-order valence-corrected chi connectivity index (χ0v) is 7.15. The molecular formula is CrMnTiV. The molecule has 0 aliphatic heterocycles. The second-order valence-electron chi connectivity index (χ2n) is 0. The second-order valence-corrected chi connectivity index (χ2v) is 0. The molecule has 4 heavy (non-hydrogen) atoms. The van der Waals surface area contributed by atoms with E-state index in [1.165, 1.54) is 0 Å². The second kappa shape index (κ2) is 18.3. The first-order valence-corrected chi connectivity index (χ1v) is 0. The van der Waals surface area contributed by atoms with Crippen molar-refractivity contribution in [1.29, 1.82) is 0 Å². The van der Waals surface area contributed by atoms with Gasteiger partial charge in [0.25, 0.3) is 0 Å². The van der Waals surface area contributed by atoms with Crippen molar-refractivity contribution in [2.24, 2.45) is 0 Å². The Morgan fingerprint density at radius 3 is 1.00 bits per heavy atom. The van der Waals surface area contributed by atoms with Crippen molar-refractivity contribution in [2.45, 2.75) is 0 Å². The summed E-state index contributed by atoms with van der Waals surface area (Å²) < 4.78 is 0. The molecule has 0 aromatic carbocycles. The van der Waals surface area contributed by atoms with Crippen LogP contribution in [0.5, 0.6) is 0 Å². The van der Waals surface area contributed by atoms with E-state index >= 15 is 0 Å². The molecule has 0 nitrogen and oxygen atoms in total. The van der Waals surface area contributed by atoms with Crippen molar-refractivity contribution in [3.63, 3.8) is 0 Å². The van der Waals surface area contributed by atoms with E-state index in [1.807, 2.05) is 0 Å². The van der Waals surface area contributed by atoms with E-state index in [1.54, 1.807) is 0 Å². The molecular weight excluding hydrogens is 206 g/mol. The number of hydrogen-bond acceptors (Lipinski definition) is 0. The Balaban J connectivity index is 0. The normalized spacial score (nSPS) is 0. The third kappa shape index (κ3) is 8.84. The summed E-state index contributed by atoms with van der Waals surface area (Å²) in [5.74, 6) is 0. The van der Waals surface area contributed by atoms with Gasteiger partial charge in [0.2, 0.25) is 0 Å². The van der Waals surface area contributed by atoms with Crippen LogP contribution in [0.2, 0.25) is 0 Å². The summed E-state index contributed by atoms with van der Waals surface area (Å²) in [6.07, 6.45) is 0. The molecule has 0 saturated carbocycles. The Bertz CT molecular complexity index is 8.00. The Labute approximate surface area is 73.9 Å². The molecule has 0 heterocycles. The molecule has 0 aliphatic carbocycles. The van der Waals surface area contributed by atoms with E-state index in [0.29, 0.717) is 0 Å². The molecule has 0 rings (SSSR count). The summed E-state index contributed by atoms with van der Waals surface area (Å²) in [5.41, 5.74) is 0. The van der Waals surface area contributed by atoms with Crippen LogP contribution in [-0.4, -0.2) is 0 Å². The predicted octanol–water partition coefficient (Wildman–Crippen LogP) is -0.0100. The maximum Gasteiger partial charge on any atom is 0 e. The van der Waals surface area contributed by atoms with Crippen LogP contribution in [0.25, 0.3) is 0 Å². The molecule has 0 aromatic heterocycles. The quantitative estimate of drug-likeness (QED) is 0.488. The van der Waals surface area contributed by atoms with Crippen molar-refractivity contribution in [3.05, 3.63) is 0 Å². The number of hydrogen-bond donors (Lipinski definition) is 0. The van der Waals surface area contributed by atoms with Crippen LogP contribution in [0, 0.1) is 0 Å². The summed E-state index contributed by atoms with van der Waals surface area (Å²) >= 11 is 0. The van der Waals surface area contributed by atoms with Gasteiger partial charge in [-0.25, -0.2) is 0 Å². The summed E-state index contributed by atoms with van der Waals surface area (Å²) in [4.78, 5) is 0. The first kappa shape index (κ1) is 32.9.